The van der Waals surface area contributed by atoms with Crippen LogP contribution in [0.25, 0.3) is 0 Å². The molecule has 0 saturated carbocycles. The summed E-state index contributed by atoms with van der Waals surface area (Å²) in [4.78, 5) is 0. The van der Waals surface area contributed by atoms with Crippen LogP contribution < -0.4 is 5.32 Å². The van der Waals surface area contributed by atoms with Gasteiger partial charge in [0, 0.05) is 25.1 Å². The highest BCUT2D eigenvalue weighted by Crippen LogP contribution is 2.27. The van der Waals surface area contributed by atoms with E-state index >= 15 is 0 Å². The lowest BCUT2D eigenvalue weighted by molar-refractivity contribution is 0.494. The Balaban J connectivity index is 2.38. The molecule has 0 radical (unpaired) electrons. The third kappa shape index (κ3) is 3.27. The number of halogens is 2. The van der Waals surface area contributed by atoms with Crippen LogP contribution in [0.5, 0.6) is 0 Å². The van der Waals surface area contributed by atoms with Crippen molar-refractivity contribution in [3.05, 3.63) is 51.6 Å². The van der Waals surface area contributed by atoms with E-state index in [1.165, 1.54) is 0 Å². The van der Waals surface area contributed by atoms with E-state index in [0.717, 1.165) is 17.9 Å². The maximum atomic E-state index is 14.4. The van der Waals surface area contributed by atoms with Gasteiger partial charge in [-0.25, -0.2) is 4.39 Å². The van der Waals surface area contributed by atoms with Crippen molar-refractivity contribution >= 4 is 11.6 Å². The van der Waals surface area contributed by atoms with Crippen LogP contribution in [0.4, 0.5) is 4.39 Å². The van der Waals surface area contributed by atoms with E-state index in [9.17, 15) is 4.39 Å². The van der Waals surface area contributed by atoms with Gasteiger partial charge < -0.3 is 5.32 Å². The van der Waals surface area contributed by atoms with Crippen molar-refractivity contribution in [2.75, 3.05) is 6.54 Å². The maximum Gasteiger partial charge on any atom is 0.130 e. The number of aromatic nitrogens is 2. The van der Waals surface area contributed by atoms with E-state index in [4.69, 9.17) is 11.6 Å². The summed E-state index contributed by atoms with van der Waals surface area (Å²) in [5.41, 5.74) is 3.05. The predicted molar refractivity (Wildman–Crippen MR) is 84.2 cm³/mol. The molecule has 3 nitrogen and oxygen atoms in total. The van der Waals surface area contributed by atoms with Gasteiger partial charge in [-0.2, -0.15) is 5.10 Å². The van der Waals surface area contributed by atoms with E-state index in [-0.39, 0.29) is 11.9 Å². The average molecular weight is 310 g/mol. The first-order chi connectivity index (χ1) is 9.95. The van der Waals surface area contributed by atoms with E-state index in [0.29, 0.717) is 22.6 Å². The Morgan fingerprint density at radius 1 is 1.38 bits per heavy atom. The molecule has 2 aromatic rings. The van der Waals surface area contributed by atoms with Crippen molar-refractivity contribution in [1.82, 2.24) is 15.1 Å². The quantitative estimate of drug-likeness (QED) is 0.912. The Labute approximate surface area is 130 Å². The number of rotatable bonds is 5. The Hall–Kier alpha value is -1.39. The number of hydrogen-bond acceptors (Lipinski definition) is 2. The summed E-state index contributed by atoms with van der Waals surface area (Å²) in [6, 6.07) is 5.37. The van der Waals surface area contributed by atoms with Crippen molar-refractivity contribution < 1.29 is 4.39 Å². The lowest BCUT2D eigenvalue weighted by atomic mass is 9.99. The molecular formula is C16H21ClFN3. The smallest absolute Gasteiger partial charge is 0.130 e. The number of likely N-dealkylation sites (N-methyl/N-ethyl adjacent to an activating group) is 1. The molecule has 5 heteroatoms. The molecular weight excluding hydrogens is 289 g/mol. The fourth-order valence-electron chi connectivity index (χ4n) is 2.57. The normalized spacial score (nSPS) is 12.7. The number of nitrogens with one attached hydrogen (secondary N) is 1. The van der Waals surface area contributed by atoms with Gasteiger partial charge in [-0.3, -0.25) is 4.68 Å². The molecule has 1 aromatic heterocycles. The van der Waals surface area contributed by atoms with Gasteiger partial charge >= 0.3 is 0 Å². The van der Waals surface area contributed by atoms with Crippen molar-refractivity contribution in [1.29, 1.82) is 0 Å². The number of hydrogen-bond donors (Lipinski definition) is 1. The predicted octanol–water partition coefficient (Wildman–Crippen LogP) is 3.72. The molecule has 1 N–H and O–H groups in total. The molecule has 21 heavy (non-hydrogen) atoms. The van der Waals surface area contributed by atoms with Gasteiger partial charge in [0.15, 0.2) is 0 Å². The Kier molecular flexibility index (Phi) is 5.01. The summed E-state index contributed by atoms with van der Waals surface area (Å²) in [5, 5.41) is 8.32. The highest BCUT2D eigenvalue weighted by Gasteiger charge is 2.21. The van der Waals surface area contributed by atoms with Crippen LogP contribution in [0, 0.1) is 19.7 Å². The molecule has 0 spiro atoms. The van der Waals surface area contributed by atoms with Gasteiger partial charge in [0.2, 0.25) is 0 Å². The second-order valence-corrected chi connectivity index (χ2v) is 5.64. The van der Waals surface area contributed by atoms with Crippen LogP contribution in [0.1, 0.15) is 35.5 Å². The fourth-order valence-corrected chi connectivity index (χ4v) is 2.81. The summed E-state index contributed by atoms with van der Waals surface area (Å²) in [6.07, 6.45) is 0.602. The van der Waals surface area contributed by atoms with Crippen molar-refractivity contribution in [3.8, 4) is 0 Å². The first-order valence-electron chi connectivity index (χ1n) is 7.12. The zero-order chi connectivity index (χ0) is 15.6. The molecule has 1 unspecified atom stereocenters. The van der Waals surface area contributed by atoms with Gasteiger partial charge in [0.1, 0.15) is 5.82 Å². The summed E-state index contributed by atoms with van der Waals surface area (Å²) in [7, 11) is 1.86. The number of aryl methyl sites for hydroxylation is 3. The molecule has 0 aliphatic heterocycles. The minimum Gasteiger partial charge on any atom is -0.310 e. The van der Waals surface area contributed by atoms with Crippen LogP contribution >= 0.6 is 11.6 Å². The highest BCUT2D eigenvalue weighted by molar-refractivity contribution is 6.31. The maximum absolute atomic E-state index is 14.4. The molecule has 2 rings (SSSR count). The summed E-state index contributed by atoms with van der Waals surface area (Å²) >= 11 is 6.31. The topological polar surface area (TPSA) is 29.9 Å². The minimum absolute atomic E-state index is 0.123. The SMILES string of the molecule is CCNC(Cc1c(Cl)c(C)nn1C)c1cccc(C)c1F. The summed E-state index contributed by atoms with van der Waals surface area (Å²) in [6.45, 7) is 6.42. The van der Waals surface area contributed by atoms with Crippen molar-refractivity contribution in [3.63, 3.8) is 0 Å². The summed E-state index contributed by atoms with van der Waals surface area (Å²) in [5.74, 6) is -0.154. The molecule has 0 bridgehead atoms. The zero-order valence-electron chi connectivity index (χ0n) is 12.9. The zero-order valence-corrected chi connectivity index (χ0v) is 13.6. The largest absolute Gasteiger partial charge is 0.310 e. The average Bonchev–Trinajstić information content (AvgIpc) is 2.68. The third-order valence-corrected chi connectivity index (χ3v) is 4.20. The van der Waals surface area contributed by atoms with Crippen LogP contribution in [0.15, 0.2) is 18.2 Å². The van der Waals surface area contributed by atoms with Crippen LogP contribution in [-0.4, -0.2) is 16.3 Å². The Morgan fingerprint density at radius 3 is 2.67 bits per heavy atom. The molecule has 0 aliphatic carbocycles. The molecule has 0 fully saturated rings. The molecule has 114 valence electrons. The molecule has 0 saturated heterocycles. The third-order valence-electron chi connectivity index (χ3n) is 3.71. The van der Waals surface area contributed by atoms with E-state index in [1.807, 2.05) is 33.0 Å². The summed E-state index contributed by atoms with van der Waals surface area (Å²) < 4.78 is 16.2. The molecule has 0 aliphatic rings. The standard InChI is InChI=1S/C16H21ClFN3/c1-5-19-13(12-8-6-7-10(2)16(12)18)9-14-15(17)11(3)20-21(14)4/h6-8,13,19H,5,9H2,1-4H3. The Bertz CT molecular complexity index is 637. The van der Waals surface area contributed by atoms with Crippen molar-refractivity contribution in [2.24, 2.45) is 7.05 Å². The lowest BCUT2D eigenvalue weighted by Crippen LogP contribution is -2.25. The van der Waals surface area contributed by atoms with E-state index in [2.05, 4.69) is 10.4 Å². The Morgan fingerprint density at radius 2 is 2.10 bits per heavy atom. The second-order valence-electron chi connectivity index (χ2n) is 5.26. The molecule has 1 aromatic carbocycles. The van der Waals surface area contributed by atoms with Gasteiger partial charge in [0.05, 0.1) is 16.4 Å². The fraction of sp³-hybridized carbons (Fsp3) is 0.438. The molecule has 0 amide bonds. The van der Waals surface area contributed by atoms with Gasteiger partial charge in [-0.05, 0) is 26.0 Å². The number of nitrogens with zero attached hydrogens (tertiary/aromatic N) is 2. The first-order valence-corrected chi connectivity index (χ1v) is 7.49. The molecule has 1 heterocycles. The van der Waals surface area contributed by atoms with E-state index in [1.54, 1.807) is 17.7 Å². The lowest BCUT2D eigenvalue weighted by Gasteiger charge is -2.20. The van der Waals surface area contributed by atoms with Crippen LogP contribution in [0.3, 0.4) is 0 Å². The first kappa shape index (κ1) is 16.0. The van der Waals surface area contributed by atoms with Crippen LogP contribution in [0.2, 0.25) is 5.02 Å². The van der Waals surface area contributed by atoms with Gasteiger partial charge in [0.25, 0.3) is 0 Å². The van der Waals surface area contributed by atoms with E-state index < -0.39 is 0 Å². The van der Waals surface area contributed by atoms with Gasteiger partial charge in [-0.15, -0.1) is 0 Å². The monoisotopic (exact) mass is 309 g/mol. The second kappa shape index (κ2) is 6.58. The van der Waals surface area contributed by atoms with Gasteiger partial charge in [-0.1, -0.05) is 36.7 Å². The minimum atomic E-state index is -0.154. The van der Waals surface area contributed by atoms with Crippen LogP contribution in [-0.2, 0) is 13.5 Å². The number of benzene rings is 1. The molecule has 1 atom stereocenters. The highest BCUT2D eigenvalue weighted by atomic mass is 35.5. The van der Waals surface area contributed by atoms with Crippen molar-refractivity contribution in [2.45, 2.75) is 33.2 Å².